The molecule has 0 unspecified atom stereocenters. The van der Waals surface area contributed by atoms with Crippen LogP contribution in [0.1, 0.15) is 0 Å². The first kappa shape index (κ1) is 9.70. The maximum atomic E-state index is 2.12. The Hall–Kier alpha value is 0.479. The first-order valence-corrected chi connectivity index (χ1v) is 1.79. The maximum Gasteiger partial charge on any atom is 2.00 e. The molecule has 0 saturated carbocycles. The van der Waals surface area contributed by atoms with Gasteiger partial charge in [0, 0.05) is 0 Å². The minimum atomic E-state index is 0. The van der Waals surface area contributed by atoms with Crippen molar-refractivity contribution >= 4 is 0 Å². The Labute approximate surface area is 50.4 Å². The van der Waals surface area contributed by atoms with Crippen LogP contribution in [0.5, 0.6) is 0 Å². The van der Waals surface area contributed by atoms with Crippen molar-refractivity contribution < 1.29 is 21.6 Å². The zero-order valence-corrected chi connectivity index (χ0v) is 5.69. The van der Waals surface area contributed by atoms with Crippen molar-refractivity contribution in [2.75, 3.05) is 28.2 Å². The average molecular weight is 138 g/mol. The van der Waals surface area contributed by atoms with Crippen LogP contribution in [-0.2, 0) is 17.1 Å². The maximum absolute atomic E-state index is 2.12. The number of nitrogens with zero attached hydrogens (tertiary/aromatic N) is 1. The third-order valence-electron chi connectivity index (χ3n) is 0. The largest absolute Gasteiger partial charge is 2.00 e. The smallest absolute Gasteiger partial charge is 0.333 e. The number of rotatable bonds is 0. The molecule has 0 aromatic heterocycles. The van der Waals surface area contributed by atoms with Gasteiger partial charge in [0.15, 0.2) is 0 Å². The first-order chi connectivity index (χ1) is 2.00. The molecule has 0 N–H and O–H groups in total. The van der Waals surface area contributed by atoms with Crippen molar-refractivity contribution in [3.8, 4) is 0 Å². The van der Waals surface area contributed by atoms with Gasteiger partial charge in [0.25, 0.3) is 0 Å². The summed E-state index contributed by atoms with van der Waals surface area (Å²) in [4.78, 5) is 0. The number of hydrogen-bond donors (Lipinski definition) is 0. The zero-order chi connectivity index (χ0) is 4.50. The van der Waals surface area contributed by atoms with Crippen LogP contribution in [0.25, 0.3) is 0 Å². The molecular weight excluding hydrogens is 126 g/mol. The molecule has 0 aliphatic rings. The van der Waals surface area contributed by atoms with Gasteiger partial charge in [-0.2, -0.15) is 0 Å². The molecule has 2 heteroatoms. The Morgan fingerprint density at radius 3 is 0.833 bits per heavy atom. The van der Waals surface area contributed by atoms with E-state index in [1.165, 1.54) is 0 Å². The molecule has 0 atom stereocenters. The quantitative estimate of drug-likeness (QED) is 0.333. The minimum Gasteiger partial charge on any atom is -0.333 e. The third kappa shape index (κ3) is 236. The van der Waals surface area contributed by atoms with Crippen LogP contribution < -0.4 is 0 Å². The van der Waals surface area contributed by atoms with E-state index in [2.05, 4.69) is 28.2 Å². The summed E-state index contributed by atoms with van der Waals surface area (Å²) in [6.45, 7) is 0. The van der Waals surface area contributed by atoms with Crippen molar-refractivity contribution in [1.82, 2.24) is 0 Å². The summed E-state index contributed by atoms with van der Waals surface area (Å²) >= 11 is 0. The van der Waals surface area contributed by atoms with Gasteiger partial charge in [0.2, 0.25) is 0 Å². The van der Waals surface area contributed by atoms with Gasteiger partial charge < -0.3 is 4.48 Å². The summed E-state index contributed by atoms with van der Waals surface area (Å²) in [6, 6.07) is 0. The normalized spacial score (nSPS) is 10.0. The molecule has 41 valence electrons. The molecule has 0 aromatic rings. The molecule has 0 spiro atoms. The van der Waals surface area contributed by atoms with Crippen LogP contribution in [0.15, 0.2) is 0 Å². The molecule has 0 aliphatic carbocycles. The minimum absolute atomic E-state index is 0. The molecule has 0 saturated heterocycles. The molecule has 6 heavy (non-hydrogen) atoms. The molecular formula is C4H12CuN+3. The van der Waals surface area contributed by atoms with Gasteiger partial charge in [-0.3, -0.25) is 0 Å². The zero-order valence-electron chi connectivity index (χ0n) is 4.75. The standard InChI is InChI=1S/C4H12N.Cu/c1-5(2,3)4;/h1-4H3;/q+1;+2. The van der Waals surface area contributed by atoms with Crippen LogP contribution in [0.3, 0.4) is 0 Å². The fourth-order valence-corrected chi connectivity index (χ4v) is 0. The van der Waals surface area contributed by atoms with Gasteiger partial charge in [-0.05, 0) is 0 Å². The third-order valence-corrected chi connectivity index (χ3v) is 0. The molecule has 0 rings (SSSR count). The Morgan fingerprint density at radius 2 is 0.833 bits per heavy atom. The second-order valence-corrected chi connectivity index (χ2v) is 2.68. The molecule has 0 bridgehead atoms. The molecule has 0 fully saturated rings. The average Bonchev–Trinajstić information content (AvgIpc) is 0.722. The van der Waals surface area contributed by atoms with Crippen LogP contribution in [-0.4, -0.2) is 32.7 Å². The summed E-state index contributed by atoms with van der Waals surface area (Å²) in [7, 11) is 8.50. The van der Waals surface area contributed by atoms with Crippen molar-refractivity contribution in [3.05, 3.63) is 0 Å². The summed E-state index contributed by atoms with van der Waals surface area (Å²) in [5.74, 6) is 0. The van der Waals surface area contributed by atoms with Crippen molar-refractivity contribution in [2.24, 2.45) is 0 Å². The van der Waals surface area contributed by atoms with Crippen molar-refractivity contribution in [2.45, 2.75) is 0 Å². The van der Waals surface area contributed by atoms with Crippen molar-refractivity contribution in [3.63, 3.8) is 0 Å². The van der Waals surface area contributed by atoms with Gasteiger partial charge in [0.05, 0.1) is 28.2 Å². The predicted molar refractivity (Wildman–Crippen MR) is 24.0 cm³/mol. The van der Waals surface area contributed by atoms with E-state index in [-0.39, 0.29) is 17.1 Å². The van der Waals surface area contributed by atoms with E-state index in [1.54, 1.807) is 0 Å². The van der Waals surface area contributed by atoms with E-state index < -0.39 is 0 Å². The predicted octanol–water partition coefficient (Wildman–Crippen LogP) is 0.320. The van der Waals surface area contributed by atoms with Gasteiger partial charge in [-0.1, -0.05) is 0 Å². The van der Waals surface area contributed by atoms with Crippen LogP contribution in [0, 0.1) is 0 Å². The molecule has 0 heterocycles. The van der Waals surface area contributed by atoms with Crippen LogP contribution >= 0.6 is 0 Å². The Kier molecular flexibility index (Phi) is 4.23. The fourth-order valence-electron chi connectivity index (χ4n) is 0. The van der Waals surface area contributed by atoms with E-state index in [9.17, 15) is 0 Å². The number of quaternary nitrogens is 1. The fraction of sp³-hybridized carbons (Fsp3) is 1.00. The molecule has 1 nitrogen and oxygen atoms in total. The SMILES string of the molecule is C[N+](C)(C)C.[Cu+2]. The van der Waals surface area contributed by atoms with Gasteiger partial charge in [-0.25, -0.2) is 0 Å². The topological polar surface area (TPSA) is 0 Å². The Bertz CT molecular complexity index is 23.0. The molecule has 0 aromatic carbocycles. The summed E-state index contributed by atoms with van der Waals surface area (Å²) in [5, 5.41) is 0. The summed E-state index contributed by atoms with van der Waals surface area (Å²) in [5.41, 5.74) is 0. The number of hydrogen-bond acceptors (Lipinski definition) is 0. The van der Waals surface area contributed by atoms with Crippen LogP contribution in [0.4, 0.5) is 0 Å². The van der Waals surface area contributed by atoms with Gasteiger partial charge in [0.1, 0.15) is 0 Å². The molecule has 1 radical (unpaired) electrons. The second kappa shape index (κ2) is 2.62. The van der Waals surface area contributed by atoms with E-state index in [0.29, 0.717) is 0 Å². The van der Waals surface area contributed by atoms with Crippen molar-refractivity contribution in [1.29, 1.82) is 0 Å². The van der Waals surface area contributed by atoms with Gasteiger partial charge >= 0.3 is 17.1 Å². The molecule has 0 aliphatic heterocycles. The Balaban J connectivity index is 0. The van der Waals surface area contributed by atoms with E-state index in [0.717, 1.165) is 4.48 Å². The van der Waals surface area contributed by atoms with Gasteiger partial charge in [-0.15, -0.1) is 0 Å². The Morgan fingerprint density at radius 1 is 0.833 bits per heavy atom. The first-order valence-electron chi connectivity index (χ1n) is 1.79. The monoisotopic (exact) mass is 137 g/mol. The van der Waals surface area contributed by atoms with Crippen LogP contribution in [0.2, 0.25) is 0 Å². The van der Waals surface area contributed by atoms with E-state index in [1.807, 2.05) is 0 Å². The second-order valence-electron chi connectivity index (χ2n) is 2.68. The van der Waals surface area contributed by atoms with E-state index >= 15 is 0 Å². The molecule has 0 amide bonds. The summed E-state index contributed by atoms with van der Waals surface area (Å²) < 4.78 is 1.00. The summed E-state index contributed by atoms with van der Waals surface area (Å²) in [6.07, 6.45) is 0. The van der Waals surface area contributed by atoms with E-state index in [4.69, 9.17) is 0 Å².